The zero-order chi connectivity index (χ0) is 21.1. The standard InChI is InChI=1S/C28H31N2/c1-6-27(4)23-16-12-11-15-22(23)26-29(21-13-9-8-10-14-21)25-19-20(3)17-18-24(25)30(26)28(27,5)7-2/h8-19H,6-7H2,1-5H3/q+1. The van der Waals surface area contributed by atoms with E-state index in [4.69, 9.17) is 0 Å². The van der Waals surface area contributed by atoms with Crippen molar-refractivity contribution >= 4 is 11.0 Å². The van der Waals surface area contributed by atoms with Crippen LogP contribution in [0.4, 0.5) is 0 Å². The summed E-state index contributed by atoms with van der Waals surface area (Å²) in [5, 5.41) is 0. The Bertz CT molecular complexity index is 1250. The van der Waals surface area contributed by atoms with Crippen LogP contribution in [-0.2, 0) is 11.0 Å². The monoisotopic (exact) mass is 395 g/mol. The number of fused-ring (bicyclic) bond motifs is 5. The van der Waals surface area contributed by atoms with Crippen molar-refractivity contribution in [2.24, 2.45) is 0 Å². The van der Waals surface area contributed by atoms with Gasteiger partial charge in [-0.1, -0.05) is 63.2 Å². The van der Waals surface area contributed by atoms with Crippen LogP contribution in [0, 0.1) is 6.92 Å². The van der Waals surface area contributed by atoms with E-state index in [0.29, 0.717) is 0 Å². The van der Waals surface area contributed by atoms with E-state index in [9.17, 15) is 0 Å². The number of aromatic nitrogens is 2. The van der Waals surface area contributed by atoms with Gasteiger partial charge in [-0.25, -0.2) is 4.57 Å². The molecule has 2 heteroatoms. The van der Waals surface area contributed by atoms with E-state index in [1.165, 1.54) is 39.2 Å². The molecule has 4 aromatic rings. The molecule has 1 aliphatic heterocycles. The molecule has 3 aromatic carbocycles. The molecule has 0 radical (unpaired) electrons. The van der Waals surface area contributed by atoms with Gasteiger partial charge in [0.2, 0.25) is 0 Å². The molecule has 0 bridgehead atoms. The van der Waals surface area contributed by atoms with E-state index >= 15 is 0 Å². The number of hydrogen-bond donors (Lipinski definition) is 0. The first-order chi connectivity index (χ1) is 14.5. The molecule has 0 saturated heterocycles. The molecule has 5 rings (SSSR count). The van der Waals surface area contributed by atoms with Crippen LogP contribution in [0.25, 0.3) is 28.1 Å². The highest BCUT2D eigenvalue weighted by atomic mass is 15.2. The van der Waals surface area contributed by atoms with Gasteiger partial charge in [-0.3, -0.25) is 0 Å². The summed E-state index contributed by atoms with van der Waals surface area (Å²) in [6, 6.07) is 26.8. The molecule has 30 heavy (non-hydrogen) atoms. The lowest BCUT2D eigenvalue weighted by Crippen LogP contribution is -2.67. The van der Waals surface area contributed by atoms with Crippen LogP contribution < -0.4 is 4.57 Å². The van der Waals surface area contributed by atoms with Crippen molar-refractivity contribution in [2.75, 3.05) is 0 Å². The summed E-state index contributed by atoms with van der Waals surface area (Å²) >= 11 is 0. The summed E-state index contributed by atoms with van der Waals surface area (Å²) in [5.41, 5.74) is 7.95. The lowest BCUT2D eigenvalue weighted by atomic mass is 9.61. The average Bonchev–Trinajstić information content (AvgIpc) is 3.12. The Morgan fingerprint density at radius 1 is 0.833 bits per heavy atom. The number of para-hydroxylation sites is 1. The Hall–Kier alpha value is -2.87. The zero-order valence-electron chi connectivity index (χ0n) is 18.7. The molecule has 2 unspecified atom stereocenters. The van der Waals surface area contributed by atoms with Crippen LogP contribution in [0.2, 0.25) is 0 Å². The third-order valence-electron chi connectivity index (χ3n) is 7.89. The summed E-state index contributed by atoms with van der Waals surface area (Å²) in [4.78, 5) is 0. The zero-order valence-corrected chi connectivity index (χ0v) is 18.7. The van der Waals surface area contributed by atoms with Crippen molar-refractivity contribution in [3.63, 3.8) is 0 Å². The largest absolute Gasteiger partial charge is 0.295 e. The molecule has 2 atom stereocenters. The number of benzene rings is 3. The highest BCUT2D eigenvalue weighted by Crippen LogP contribution is 2.51. The summed E-state index contributed by atoms with van der Waals surface area (Å²) < 4.78 is 5.13. The SMILES string of the molecule is CCC1(C)c2ccccc2-c2n(-c3ccccc3)c3cc(C)ccc3[n+]2C1(C)CC. The Labute approximate surface area is 179 Å². The summed E-state index contributed by atoms with van der Waals surface area (Å²) in [6.07, 6.45) is 2.18. The lowest BCUT2D eigenvalue weighted by molar-refractivity contribution is -0.743. The minimum atomic E-state index is -0.0288. The van der Waals surface area contributed by atoms with Gasteiger partial charge < -0.3 is 0 Å². The van der Waals surface area contributed by atoms with Crippen LogP contribution in [0.5, 0.6) is 0 Å². The second-order valence-corrected chi connectivity index (χ2v) is 9.18. The van der Waals surface area contributed by atoms with E-state index < -0.39 is 0 Å². The molecule has 0 fully saturated rings. The molecule has 2 heterocycles. The van der Waals surface area contributed by atoms with Crippen LogP contribution in [0.1, 0.15) is 51.7 Å². The summed E-state index contributed by atoms with van der Waals surface area (Å²) in [7, 11) is 0. The van der Waals surface area contributed by atoms with Crippen LogP contribution in [0.15, 0.2) is 72.8 Å². The maximum atomic E-state index is 2.65. The van der Waals surface area contributed by atoms with Gasteiger partial charge in [0, 0.05) is 5.41 Å². The third kappa shape index (κ3) is 2.28. The fourth-order valence-corrected chi connectivity index (χ4v) is 5.72. The number of hydrogen-bond acceptors (Lipinski definition) is 0. The molecular formula is C28H31N2+. The number of aryl methyl sites for hydroxylation is 1. The maximum Gasteiger partial charge on any atom is 0.295 e. The van der Waals surface area contributed by atoms with E-state index in [1.54, 1.807) is 0 Å². The summed E-state index contributed by atoms with van der Waals surface area (Å²) in [6.45, 7) is 11.8. The van der Waals surface area contributed by atoms with Crippen molar-refractivity contribution in [3.05, 3.63) is 83.9 Å². The molecule has 0 saturated carbocycles. The first-order valence-corrected chi connectivity index (χ1v) is 11.2. The van der Waals surface area contributed by atoms with Crippen molar-refractivity contribution in [2.45, 2.75) is 58.4 Å². The smallest absolute Gasteiger partial charge is 0.216 e. The fraction of sp³-hybridized carbons (Fsp3) is 0.321. The van der Waals surface area contributed by atoms with Gasteiger partial charge >= 0.3 is 0 Å². The van der Waals surface area contributed by atoms with Gasteiger partial charge in [0.25, 0.3) is 5.82 Å². The number of rotatable bonds is 3. The Balaban J connectivity index is 2.04. The van der Waals surface area contributed by atoms with Gasteiger partial charge in [-0.05, 0) is 68.1 Å². The molecular weight excluding hydrogens is 364 g/mol. The lowest BCUT2D eigenvalue weighted by Gasteiger charge is -2.47. The molecule has 1 aromatic heterocycles. The van der Waals surface area contributed by atoms with Crippen molar-refractivity contribution in [3.8, 4) is 17.1 Å². The topological polar surface area (TPSA) is 8.81 Å². The van der Waals surface area contributed by atoms with Gasteiger partial charge in [-0.2, -0.15) is 4.57 Å². The first kappa shape index (κ1) is 19.1. The number of nitrogens with zero attached hydrogens (tertiary/aromatic N) is 2. The van der Waals surface area contributed by atoms with E-state index in [0.717, 1.165) is 12.8 Å². The normalized spacial score (nSPS) is 22.7. The van der Waals surface area contributed by atoms with Crippen LogP contribution in [-0.4, -0.2) is 4.57 Å². The molecule has 0 N–H and O–H groups in total. The van der Waals surface area contributed by atoms with E-state index in [1.807, 2.05) is 0 Å². The maximum absolute atomic E-state index is 2.65. The first-order valence-electron chi connectivity index (χ1n) is 11.2. The van der Waals surface area contributed by atoms with Crippen LogP contribution in [0.3, 0.4) is 0 Å². The predicted molar refractivity (Wildman–Crippen MR) is 125 cm³/mol. The molecule has 152 valence electrons. The Morgan fingerprint density at radius 2 is 1.53 bits per heavy atom. The Kier molecular flexibility index (Phi) is 4.18. The highest BCUT2D eigenvalue weighted by molar-refractivity contribution is 5.81. The van der Waals surface area contributed by atoms with Crippen molar-refractivity contribution in [1.82, 2.24) is 4.57 Å². The predicted octanol–water partition coefficient (Wildman–Crippen LogP) is 6.70. The van der Waals surface area contributed by atoms with Crippen LogP contribution >= 0.6 is 0 Å². The molecule has 1 aliphatic rings. The third-order valence-corrected chi connectivity index (χ3v) is 7.89. The van der Waals surface area contributed by atoms with Gasteiger partial charge in [0.1, 0.15) is 11.2 Å². The fourth-order valence-electron chi connectivity index (χ4n) is 5.72. The second kappa shape index (κ2) is 6.57. The van der Waals surface area contributed by atoms with E-state index in [-0.39, 0.29) is 11.0 Å². The Morgan fingerprint density at radius 3 is 2.23 bits per heavy atom. The van der Waals surface area contributed by atoms with E-state index in [2.05, 4.69) is 117 Å². The molecule has 2 nitrogen and oxygen atoms in total. The summed E-state index contributed by atoms with van der Waals surface area (Å²) in [5.74, 6) is 1.30. The molecule has 0 aliphatic carbocycles. The highest BCUT2D eigenvalue weighted by Gasteiger charge is 2.56. The van der Waals surface area contributed by atoms with Crippen molar-refractivity contribution in [1.29, 1.82) is 0 Å². The van der Waals surface area contributed by atoms with Gasteiger partial charge in [0.15, 0.2) is 11.0 Å². The minimum Gasteiger partial charge on any atom is -0.216 e. The van der Waals surface area contributed by atoms with Gasteiger partial charge in [-0.15, -0.1) is 0 Å². The minimum absolute atomic E-state index is 0.0288. The molecule has 0 amide bonds. The quantitative estimate of drug-likeness (QED) is 0.341. The van der Waals surface area contributed by atoms with Crippen molar-refractivity contribution < 1.29 is 4.57 Å². The van der Waals surface area contributed by atoms with Gasteiger partial charge in [0.05, 0.1) is 5.56 Å². The average molecular weight is 396 g/mol. The molecule has 0 spiro atoms. The second-order valence-electron chi connectivity index (χ2n) is 9.18. The number of imidazole rings is 1.